The molecule has 0 atom stereocenters. The summed E-state index contributed by atoms with van der Waals surface area (Å²) in [6.07, 6.45) is 5.33. The molecule has 0 aromatic carbocycles. The fourth-order valence-corrected chi connectivity index (χ4v) is 1.46. The van der Waals surface area contributed by atoms with Gasteiger partial charge in [0, 0.05) is 19.4 Å². The Labute approximate surface area is 85.2 Å². The lowest BCUT2D eigenvalue weighted by Gasteiger charge is -1.93. The average Bonchev–Trinajstić information content (AvgIpc) is 2.83. The molecule has 0 aliphatic heterocycles. The van der Waals surface area contributed by atoms with Gasteiger partial charge in [-0.1, -0.05) is 0 Å². The van der Waals surface area contributed by atoms with Crippen molar-refractivity contribution in [2.45, 2.75) is 0 Å². The second-order valence-corrected chi connectivity index (χ2v) is 3.22. The molecule has 3 aromatic heterocycles. The van der Waals surface area contributed by atoms with Crippen LogP contribution in [0.1, 0.15) is 0 Å². The van der Waals surface area contributed by atoms with E-state index in [0.717, 1.165) is 11.2 Å². The summed E-state index contributed by atoms with van der Waals surface area (Å²) in [7, 11) is 1.86. The van der Waals surface area contributed by atoms with Crippen LogP contribution < -0.4 is 0 Å². The zero-order chi connectivity index (χ0) is 10.3. The van der Waals surface area contributed by atoms with Crippen molar-refractivity contribution in [2.24, 2.45) is 7.05 Å². The summed E-state index contributed by atoms with van der Waals surface area (Å²) in [5.74, 6) is 0.707. The smallest absolute Gasteiger partial charge is 0.188 e. The third-order valence-corrected chi connectivity index (χ3v) is 2.14. The lowest BCUT2D eigenvalue weighted by atomic mass is 10.3. The fourth-order valence-electron chi connectivity index (χ4n) is 1.46. The second-order valence-electron chi connectivity index (χ2n) is 3.22. The van der Waals surface area contributed by atoms with Gasteiger partial charge in [0.25, 0.3) is 0 Å². The van der Waals surface area contributed by atoms with Crippen molar-refractivity contribution in [3.8, 4) is 11.4 Å². The molecular formula is C9H8N6. The number of aromatic nitrogens is 6. The molecule has 0 radical (unpaired) electrons. The van der Waals surface area contributed by atoms with Crippen LogP contribution in [0.3, 0.4) is 0 Å². The number of fused-ring (bicyclic) bond motifs is 1. The van der Waals surface area contributed by atoms with Crippen LogP contribution >= 0.6 is 0 Å². The molecule has 6 heteroatoms. The predicted molar refractivity (Wildman–Crippen MR) is 53.0 cm³/mol. The van der Waals surface area contributed by atoms with Gasteiger partial charge in [-0.05, 0) is 12.1 Å². The maximum atomic E-state index is 4.18. The normalized spacial score (nSPS) is 11.0. The van der Waals surface area contributed by atoms with E-state index in [-0.39, 0.29) is 0 Å². The molecule has 3 heterocycles. The molecule has 0 saturated heterocycles. The van der Waals surface area contributed by atoms with Crippen molar-refractivity contribution >= 4 is 5.65 Å². The Morgan fingerprint density at radius 1 is 1.20 bits per heavy atom. The molecule has 0 bridgehead atoms. The highest BCUT2D eigenvalue weighted by atomic mass is 15.4. The summed E-state index contributed by atoms with van der Waals surface area (Å²) >= 11 is 0. The van der Waals surface area contributed by atoms with Gasteiger partial charge in [-0.15, -0.1) is 10.2 Å². The van der Waals surface area contributed by atoms with Crippen LogP contribution in [-0.2, 0) is 7.05 Å². The minimum atomic E-state index is 0.707. The highest BCUT2D eigenvalue weighted by molar-refractivity contribution is 5.56. The predicted octanol–water partition coefficient (Wildman–Crippen LogP) is 0.525. The van der Waals surface area contributed by atoms with E-state index in [0.29, 0.717) is 5.82 Å². The van der Waals surface area contributed by atoms with E-state index in [1.54, 1.807) is 21.6 Å². The molecule has 0 unspecified atom stereocenters. The van der Waals surface area contributed by atoms with Crippen LogP contribution in [0.2, 0.25) is 0 Å². The van der Waals surface area contributed by atoms with Gasteiger partial charge in [-0.2, -0.15) is 14.7 Å². The molecule has 0 amide bonds. The molecule has 0 spiro atoms. The van der Waals surface area contributed by atoms with Crippen molar-refractivity contribution < 1.29 is 0 Å². The first kappa shape index (κ1) is 8.10. The maximum Gasteiger partial charge on any atom is 0.188 e. The van der Waals surface area contributed by atoms with Gasteiger partial charge in [-0.25, -0.2) is 0 Å². The number of hydrogen-bond acceptors (Lipinski definition) is 4. The average molecular weight is 200 g/mol. The molecule has 0 fully saturated rings. The molecule has 0 N–H and O–H groups in total. The lowest BCUT2D eigenvalue weighted by molar-refractivity contribution is 0.767. The quantitative estimate of drug-likeness (QED) is 0.574. The second kappa shape index (κ2) is 2.88. The molecule has 3 rings (SSSR count). The molecule has 3 aromatic rings. The molecule has 74 valence electrons. The van der Waals surface area contributed by atoms with E-state index in [1.807, 2.05) is 25.4 Å². The first-order chi connectivity index (χ1) is 7.34. The molecule has 0 aliphatic carbocycles. The minimum absolute atomic E-state index is 0.707. The summed E-state index contributed by atoms with van der Waals surface area (Å²) in [4.78, 5) is 0. The summed E-state index contributed by atoms with van der Waals surface area (Å²) in [5, 5.41) is 16.4. The van der Waals surface area contributed by atoms with Gasteiger partial charge in [-0.3, -0.25) is 4.68 Å². The highest BCUT2D eigenvalue weighted by Gasteiger charge is 2.09. The van der Waals surface area contributed by atoms with Crippen LogP contribution in [-0.4, -0.2) is 29.6 Å². The Hall–Kier alpha value is -2.24. The highest BCUT2D eigenvalue weighted by Crippen LogP contribution is 2.15. The first-order valence-electron chi connectivity index (χ1n) is 4.50. The summed E-state index contributed by atoms with van der Waals surface area (Å²) in [5.41, 5.74) is 1.64. The summed E-state index contributed by atoms with van der Waals surface area (Å²) in [6, 6.07) is 3.69. The number of aryl methyl sites for hydroxylation is 1. The molecule has 15 heavy (non-hydrogen) atoms. The Morgan fingerprint density at radius 3 is 2.93 bits per heavy atom. The number of hydrogen-bond donors (Lipinski definition) is 0. The summed E-state index contributed by atoms with van der Waals surface area (Å²) < 4.78 is 3.41. The van der Waals surface area contributed by atoms with Crippen molar-refractivity contribution in [1.82, 2.24) is 29.6 Å². The van der Waals surface area contributed by atoms with Crippen molar-refractivity contribution in [3.63, 3.8) is 0 Å². The van der Waals surface area contributed by atoms with Gasteiger partial charge in [0.05, 0.1) is 11.8 Å². The van der Waals surface area contributed by atoms with E-state index in [9.17, 15) is 0 Å². The molecule has 0 aliphatic rings. The number of nitrogens with zero attached hydrogens (tertiary/aromatic N) is 6. The third kappa shape index (κ3) is 1.18. The van der Waals surface area contributed by atoms with Crippen LogP contribution in [0.4, 0.5) is 0 Å². The SMILES string of the molecule is Cn1cc(-c2nnc3cccnn23)cn1. The first-order valence-corrected chi connectivity index (χ1v) is 4.50. The van der Waals surface area contributed by atoms with E-state index in [1.165, 1.54) is 0 Å². The van der Waals surface area contributed by atoms with Gasteiger partial charge < -0.3 is 0 Å². The number of rotatable bonds is 1. The van der Waals surface area contributed by atoms with Gasteiger partial charge in [0.1, 0.15) is 0 Å². The van der Waals surface area contributed by atoms with E-state index in [2.05, 4.69) is 20.4 Å². The van der Waals surface area contributed by atoms with Crippen LogP contribution in [0, 0.1) is 0 Å². The summed E-state index contributed by atoms with van der Waals surface area (Å²) in [6.45, 7) is 0. The molecular weight excluding hydrogens is 192 g/mol. The molecule has 0 saturated carbocycles. The maximum absolute atomic E-state index is 4.18. The largest absolute Gasteiger partial charge is 0.275 e. The van der Waals surface area contributed by atoms with Crippen LogP contribution in [0.15, 0.2) is 30.7 Å². The Bertz CT molecular complexity index is 608. The van der Waals surface area contributed by atoms with Crippen molar-refractivity contribution in [1.29, 1.82) is 0 Å². The monoisotopic (exact) mass is 200 g/mol. The standard InChI is InChI=1S/C9H8N6/c1-14-6-7(5-11-14)9-13-12-8-3-2-4-10-15(8)9/h2-6H,1H3. The van der Waals surface area contributed by atoms with Gasteiger partial charge in [0.2, 0.25) is 0 Å². The zero-order valence-electron chi connectivity index (χ0n) is 8.07. The van der Waals surface area contributed by atoms with Crippen molar-refractivity contribution in [3.05, 3.63) is 30.7 Å². The van der Waals surface area contributed by atoms with Crippen molar-refractivity contribution in [2.75, 3.05) is 0 Å². The minimum Gasteiger partial charge on any atom is -0.275 e. The van der Waals surface area contributed by atoms with Crippen LogP contribution in [0.5, 0.6) is 0 Å². The topological polar surface area (TPSA) is 60.9 Å². The van der Waals surface area contributed by atoms with Gasteiger partial charge in [0.15, 0.2) is 11.5 Å². The molecule has 6 nitrogen and oxygen atoms in total. The lowest BCUT2D eigenvalue weighted by Crippen LogP contribution is -1.92. The van der Waals surface area contributed by atoms with E-state index >= 15 is 0 Å². The Balaban J connectivity index is 2.27. The fraction of sp³-hybridized carbons (Fsp3) is 0.111. The van der Waals surface area contributed by atoms with Crippen LogP contribution in [0.25, 0.3) is 17.0 Å². The van der Waals surface area contributed by atoms with E-state index < -0.39 is 0 Å². The van der Waals surface area contributed by atoms with Gasteiger partial charge >= 0.3 is 0 Å². The Kier molecular flexibility index (Phi) is 1.55. The van der Waals surface area contributed by atoms with E-state index in [4.69, 9.17) is 0 Å². The Morgan fingerprint density at radius 2 is 2.13 bits per heavy atom. The third-order valence-electron chi connectivity index (χ3n) is 2.14. The zero-order valence-corrected chi connectivity index (χ0v) is 8.07.